The van der Waals surface area contributed by atoms with E-state index in [2.05, 4.69) is 31.2 Å². The van der Waals surface area contributed by atoms with Gasteiger partial charge >= 0.3 is 0 Å². The normalized spacial score (nSPS) is 10.2. The lowest BCUT2D eigenvalue weighted by Crippen LogP contribution is -2.00. The minimum atomic E-state index is 0.353. The Morgan fingerprint density at radius 3 is 2.89 bits per heavy atom. The molecule has 7 heteroatoms. The molecule has 0 atom stereocenters. The number of methoxy groups -OCH3 is 1. The highest BCUT2D eigenvalue weighted by molar-refractivity contribution is 9.10. The van der Waals surface area contributed by atoms with Crippen molar-refractivity contribution in [1.29, 1.82) is 0 Å². The third kappa shape index (κ3) is 2.65. The molecular weight excluding hydrogens is 320 g/mol. The first-order valence-electron chi connectivity index (χ1n) is 4.98. The van der Waals surface area contributed by atoms with Gasteiger partial charge in [-0.2, -0.15) is 0 Å². The fraction of sp³-hybridized carbons (Fsp3) is 0.0909. The first-order valence-corrected chi connectivity index (χ1v) is 6.15. The summed E-state index contributed by atoms with van der Waals surface area (Å²) in [5.41, 5.74) is 6.35. The zero-order valence-electron chi connectivity index (χ0n) is 9.45. The lowest BCUT2D eigenvalue weighted by Gasteiger charge is -2.11. The van der Waals surface area contributed by atoms with Gasteiger partial charge in [-0.15, -0.1) is 0 Å². The van der Waals surface area contributed by atoms with E-state index in [1.807, 2.05) is 0 Å². The molecule has 0 spiro atoms. The number of hydrogen-bond donors (Lipinski definition) is 2. The lowest BCUT2D eigenvalue weighted by molar-refractivity contribution is 0.415. The van der Waals surface area contributed by atoms with Crippen LogP contribution in [0.5, 0.6) is 5.75 Å². The van der Waals surface area contributed by atoms with Crippen LogP contribution in [0, 0.1) is 0 Å². The summed E-state index contributed by atoms with van der Waals surface area (Å²) >= 11 is 9.40. The molecule has 0 fully saturated rings. The van der Waals surface area contributed by atoms with E-state index < -0.39 is 0 Å². The maximum absolute atomic E-state index is 6.09. The average Bonchev–Trinajstić information content (AvgIpc) is 2.37. The Kier molecular flexibility index (Phi) is 3.88. The number of nitrogens with two attached hydrogens (primary N) is 1. The summed E-state index contributed by atoms with van der Waals surface area (Å²) in [6.45, 7) is 0. The Bertz CT molecular complexity index is 579. The fourth-order valence-electron chi connectivity index (χ4n) is 1.33. The number of hydrogen-bond acceptors (Lipinski definition) is 5. The molecule has 0 radical (unpaired) electrons. The molecule has 0 amide bonds. The Labute approximate surface area is 117 Å². The predicted octanol–water partition coefficient (Wildman–Crippen LogP) is 3.23. The molecule has 18 heavy (non-hydrogen) atoms. The van der Waals surface area contributed by atoms with E-state index >= 15 is 0 Å². The zero-order valence-corrected chi connectivity index (χ0v) is 11.8. The number of benzene rings is 1. The molecular formula is C11H10BrClN4O. The highest BCUT2D eigenvalue weighted by atomic mass is 79.9. The van der Waals surface area contributed by atoms with Crippen LogP contribution in [0.25, 0.3) is 0 Å². The van der Waals surface area contributed by atoms with Gasteiger partial charge in [0.15, 0.2) is 0 Å². The van der Waals surface area contributed by atoms with Crippen molar-refractivity contribution in [2.45, 2.75) is 0 Å². The fourth-order valence-corrected chi connectivity index (χ4v) is 1.79. The van der Waals surface area contributed by atoms with E-state index in [9.17, 15) is 0 Å². The van der Waals surface area contributed by atoms with Crippen molar-refractivity contribution in [3.05, 3.63) is 34.0 Å². The predicted molar refractivity (Wildman–Crippen MR) is 75.4 cm³/mol. The first kappa shape index (κ1) is 12.9. The number of aromatic nitrogens is 2. The van der Waals surface area contributed by atoms with E-state index in [1.165, 1.54) is 6.33 Å². The number of halogens is 2. The molecule has 5 nitrogen and oxygen atoms in total. The minimum absolute atomic E-state index is 0.353. The standard InChI is InChI=1S/C11H10BrClN4O/c1-18-6-2-3-7(13)8(4-6)17-11-9(12)10(14)15-5-16-11/h2-5H,1H3,(H3,14,15,16,17). The van der Waals surface area contributed by atoms with Gasteiger partial charge in [0.05, 0.1) is 17.8 Å². The molecule has 0 aliphatic heterocycles. The molecule has 0 saturated heterocycles. The highest BCUT2D eigenvalue weighted by Crippen LogP contribution is 2.32. The summed E-state index contributed by atoms with van der Waals surface area (Å²) in [7, 11) is 1.59. The van der Waals surface area contributed by atoms with Crippen molar-refractivity contribution in [2.24, 2.45) is 0 Å². The van der Waals surface area contributed by atoms with Crippen molar-refractivity contribution >= 4 is 44.9 Å². The van der Waals surface area contributed by atoms with Crippen LogP contribution in [0.4, 0.5) is 17.3 Å². The van der Waals surface area contributed by atoms with Gasteiger partial charge in [-0.3, -0.25) is 0 Å². The number of nitrogens with zero attached hydrogens (tertiary/aromatic N) is 2. The minimum Gasteiger partial charge on any atom is -0.497 e. The smallest absolute Gasteiger partial charge is 0.150 e. The SMILES string of the molecule is COc1ccc(Cl)c(Nc2ncnc(N)c2Br)c1. The van der Waals surface area contributed by atoms with Crippen molar-refractivity contribution in [2.75, 3.05) is 18.2 Å². The van der Waals surface area contributed by atoms with E-state index in [0.717, 1.165) is 0 Å². The van der Waals surface area contributed by atoms with Gasteiger partial charge in [0.1, 0.15) is 28.2 Å². The number of anilines is 3. The molecule has 94 valence electrons. The third-order valence-electron chi connectivity index (χ3n) is 2.24. The van der Waals surface area contributed by atoms with Crippen LogP contribution in [-0.4, -0.2) is 17.1 Å². The van der Waals surface area contributed by atoms with Gasteiger partial charge in [0, 0.05) is 6.07 Å². The maximum atomic E-state index is 6.09. The van der Waals surface area contributed by atoms with Crippen LogP contribution >= 0.6 is 27.5 Å². The summed E-state index contributed by atoms with van der Waals surface area (Å²) in [6, 6.07) is 5.28. The summed E-state index contributed by atoms with van der Waals surface area (Å²) in [5, 5.41) is 3.62. The molecule has 1 aromatic heterocycles. The van der Waals surface area contributed by atoms with Gasteiger partial charge in [-0.05, 0) is 28.1 Å². The molecule has 3 N–H and O–H groups in total. The van der Waals surface area contributed by atoms with Crippen molar-refractivity contribution in [1.82, 2.24) is 9.97 Å². The van der Waals surface area contributed by atoms with Gasteiger partial charge in [0.25, 0.3) is 0 Å². The average molecular weight is 330 g/mol. The number of rotatable bonds is 3. The maximum Gasteiger partial charge on any atom is 0.150 e. The van der Waals surface area contributed by atoms with E-state index in [4.69, 9.17) is 22.1 Å². The molecule has 0 bridgehead atoms. The second-order valence-electron chi connectivity index (χ2n) is 3.39. The monoisotopic (exact) mass is 328 g/mol. The Morgan fingerprint density at radius 2 is 2.17 bits per heavy atom. The van der Waals surface area contributed by atoms with E-state index in [0.29, 0.717) is 32.6 Å². The zero-order chi connectivity index (χ0) is 13.1. The van der Waals surface area contributed by atoms with Crippen LogP contribution in [0.3, 0.4) is 0 Å². The number of nitrogen functional groups attached to an aromatic ring is 1. The van der Waals surface area contributed by atoms with E-state index in [1.54, 1.807) is 25.3 Å². The van der Waals surface area contributed by atoms with Gasteiger partial charge < -0.3 is 15.8 Å². The largest absolute Gasteiger partial charge is 0.497 e. The van der Waals surface area contributed by atoms with Crippen LogP contribution in [-0.2, 0) is 0 Å². The Balaban J connectivity index is 2.36. The highest BCUT2D eigenvalue weighted by Gasteiger charge is 2.09. The van der Waals surface area contributed by atoms with Crippen LogP contribution in [0.1, 0.15) is 0 Å². The summed E-state index contributed by atoms with van der Waals surface area (Å²) in [6.07, 6.45) is 1.37. The van der Waals surface area contributed by atoms with Crippen LogP contribution < -0.4 is 15.8 Å². The molecule has 0 unspecified atom stereocenters. The van der Waals surface area contributed by atoms with Crippen molar-refractivity contribution in [3.63, 3.8) is 0 Å². The Morgan fingerprint density at radius 1 is 1.39 bits per heavy atom. The van der Waals surface area contributed by atoms with Crippen LogP contribution in [0.2, 0.25) is 5.02 Å². The number of nitrogens with one attached hydrogen (secondary N) is 1. The summed E-state index contributed by atoms with van der Waals surface area (Å²) in [4.78, 5) is 7.94. The second-order valence-corrected chi connectivity index (χ2v) is 4.59. The molecule has 2 rings (SSSR count). The second kappa shape index (κ2) is 5.41. The van der Waals surface area contributed by atoms with Gasteiger partial charge in [-0.1, -0.05) is 11.6 Å². The summed E-state index contributed by atoms with van der Waals surface area (Å²) in [5.74, 6) is 1.59. The van der Waals surface area contributed by atoms with Gasteiger partial charge in [-0.25, -0.2) is 9.97 Å². The Hall–Kier alpha value is -1.53. The van der Waals surface area contributed by atoms with Crippen molar-refractivity contribution in [3.8, 4) is 5.75 Å². The third-order valence-corrected chi connectivity index (χ3v) is 3.35. The molecule has 0 aliphatic carbocycles. The topological polar surface area (TPSA) is 73.1 Å². The quantitative estimate of drug-likeness (QED) is 0.904. The summed E-state index contributed by atoms with van der Waals surface area (Å²) < 4.78 is 5.72. The molecule has 1 aromatic carbocycles. The first-order chi connectivity index (χ1) is 8.61. The van der Waals surface area contributed by atoms with Crippen LogP contribution in [0.15, 0.2) is 29.0 Å². The number of ether oxygens (including phenoxy) is 1. The lowest BCUT2D eigenvalue weighted by atomic mass is 10.3. The van der Waals surface area contributed by atoms with Crippen molar-refractivity contribution < 1.29 is 4.74 Å². The molecule has 2 aromatic rings. The molecule has 0 saturated carbocycles. The van der Waals surface area contributed by atoms with Gasteiger partial charge in [0.2, 0.25) is 0 Å². The molecule has 1 heterocycles. The van der Waals surface area contributed by atoms with E-state index in [-0.39, 0.29) is 0 Å². The molecule has 0 aliphatic rings.